The molecule has 1 heteroatoms. The summed E-state index contributed by atoms with van der Waals surface area (Å²) in [5, 5.41) is 0.885. The number of hydrogen-bond acceptors (Lipinski definition) is 0. The van der Waals surface area contributed by atoms with Crippen molar-refractivity contribution in [1.82, 2.24) is 0 Å². The van der Waals surface area contributed by atoms with Gasteiger partial charge in [-0.05, 0) is 42.1 Å². The molecule has 0 aliphatic carbocycles. The van der Waals surface area contributed by atoms with Crippen LogP contribution in [0.25, 0.3) is 0 Å². The van der Waals surface area contributed by atoms with Crippen molar-refractivity contribution >= 4 is 9.16 Å². The minimum atomic E-state index is -1.34. The summed E-state index contributed by atoms with van der Waals surface area (Å²) in [5.41, 5.74) is 0. The maximum atomic E-state index is 2.55. The van der Waals surface area contributed by atoms with Crippen LogP contribution in [0.5, 0.6) is 0 Å². The highest BCUT2D eigenvalue weighted by Crippen LogP contribution is 2.64. The van der Waals surface area contributed by atoms with Gasteiger partial charge in [0.2, 0.25) is 0 Å². The summed E-state index contributed by atoms with van der Waals surface area (Å²) in [6.45, 7) is 9.48. The van der Waals surface area contributed by atoms with E-state index >= 15 is 0 Å². The smallest absolute Gasteiger partial charge is 0.0302 e. The molecule has 90 valence electrons. The fourth-order valence-corrected chi connectivity index (χ4v) is 3.40. The zero-order valence-corrected chi connectivity index (χ0v) is 12.3. The summed E-state index contributed by atoms with van der Waals surface area (Å²) in [7, 11) is -1.34. The third-order valence-corrected chi connectivity index (χ3v) is 10.1. The summed E-state index contributed by atoms with van der Waals surface area (Å²) in [5.74, 6) is 2.45. The summed E-state index contributed by atoms with van der Waals surface area (Å²) in [6, 6.07) is 0. The average molecular weight is 220 g/mol. The molecule has 0 fully saturated rings. The summed E-state index contributed by atoms with van der Waals surface area (Å²) < 4.78 is 0. The lowest BCUT2D eigenvalue weighted by atomic mass is 10.0. The van der Waals surface area contributed by atoms with Crippen molar-refractivity contribution in [3.8, 4) is 0 Å². The average Bonchev–Trinajstić information content (AvgIpc) is 2.05. The van der Waals surface area contributed by atoms with Crippen LogP contribution < -0.4 is 0 Å². The summed E-state index contributed by atoms with van der Waals surface area (Å²) in [4.78, 5) is 0. The predicted molar refractivity (Wildman–Crippen MR) is 75.5 cm³/mol. The van der Waals surface area contributed by atoms with Crippen molar-refractivity contribution < 1.29 is 0 Å². The largest absolute Gasteiger partial charge is 0.288 e. The Morgan fingerprint density at radius 3 is 1.64 bits per heavy atom. The lowest BCUT2D eigenvalue weighted by molar-refractivity contribution is 0.479. The molecule has 0 spiro atoms. The predicted octanol–water partition coefficient (Wildman–Crippen LogP) is 4.18. The molecule has 0 atom stereocenters. The van der Waals surface area contributed by atoms with Gasteiger partial charge in [0.15, 0.2) is 0 Å². The van der Waals surface area contributed by atoms with Crippen molar-refractivity contribution in [3.05, 3.63) is 0 Å². The summed E-state index contributed by atoms with van der Waals surface area (Å²) in [6.07, 6.45) is 11.8. The van der Waals surface area contributed by atoms with Crippen molar-refractivity contribution in [2.24, 2.45) is 5.92 Å². The van der Waals surface area contributed by atoms with E-state index in [0.29, 0.717) is 0 Å². The van der Waals surface area contributed by atoms with E-state index in [4.69, 9.17) is 0 Å². The molecule has 0 aliphatic rings. The zero-order chi connectivity index (χ0) is 11.4. The Hall–Kier alpha value is 0.350. The number of rotatable bonds is 6. The van der Waals surface area contributed by atoms with Gasteiger partial charge in [0.1, 0.15) is 0 Å². The second-order valence-corrected chi connectivity index (χ2v) is 14.5. The third kappa shape index (κ3) is 4.25. The van der Waals surface area contributed by atoms with Crippen LogP contribution in [0.15, 0.2) is 0 Å². The van der Waals surface area contributed by atoms with Crippen molar-refractivity contribution in [3.63, 3.8) is 0 Å². The van der Waals surface area contributed by atoms with Crippen LogP contribution in [0, 0.1) is 5.92 Å². The number of hydrogen-bond donors (Lipinski definition) is 1. The lowest BCUT2D eigenvalue weighted by Gasteiger charge is -2.56. The second-order valence-electron chi connectivity index (χ2n) is 6.54. The molecular weight excluding hydrogens is 188 g/mol. The molecule has 0 N–H and O–H groups in total. The molecule has 0 heterocycles. The molecule has 14 heavy (non-hydrogen) atoms. The van der Waals surface area contributed by atoms with E-state index in [1.165, 1.54) is 25.0 Å². The molecule has 0 amide bonds. The lowest BCUT2D eigenvalue weighted by Crippen LogP contribution is -2.28. The van der Waals surface area contributed by atoms with Crippen LogP contribution in [0.1, 0.15) is 47.0 Å². The Morgan fingerprint density at radius 1 is 0.929 bits per heavy atom. The van der Waals surface area contributed by atoms with E-state index in [1.807, 2.05) is 0 Å². The molecule has 0 aromatic carbocycles. The Morgan fingerprint density at radius 2 is 1.36 bits per heavy atom. The van der Waals surface area contributed by atoms with Crippen LogP contribution >= 0.6 is 9.16 Å². The van der Waals surface area contributed by atoms with Crippen LogP contribution in [0.2, 0.25) is 0 Å². The second kappa shape index (κ2) is 4.92. The maximum Gasteiger partial charge on any atom is -0.0302 e. The van der Waals surface area contributed by atoms with Gasteiger partial charge in [-0.25, -0.2) is 0 Å². The first-order valence-electron chi connectivity index (χ1n) is 6.21. The van der Waals surface area contributed by atoms with Crippen LogP contribution in [-0.2, 0) is 0 Å². The van der Waals surface area contributed by atoms with E-state index in [9.17, 15) is 0 Å². The highest BCUT2D eigenvalue weighted by molar-refractivity contribution is 8.48. The quantitative estimate of drug-likeness (QED) is 0.638. The number of thiol groups is 1. The van der Waals surface area contributed by atoms with E-state index in [2.05, 4.69) is 46.5 Å². The van der Waals surface area contributed by atoms with E-state index in [1.54, 1.807) is 0 Å². The van der Waals surface area contributed by atoms with Crippen LogP contribution in [-0.4, -0.2) is 29.8 Å². The van der Waals surface area contributed by atoms with Crippen molar-refractivity contribution in [1.29, 1.82) is 0 Å². The zero-order valence-electron chi connectivity index (χ0n) is 11.4. The Bertz CT molecular complexity index is 158. The van der Waals surface area contributed by atoms with Gasteiger partial charge in [0.25, 0.3) is 0 Å². The molecule has 0 aliphatic heterocycles. The normalized spacial score (nSPS) is 15.9. The molecule has 0 aromatic heterocycles. The first kappa shape index (κ1) is 14.3. The highest BCUT2D eigenvalue weighted by Gasteiger charge is 2.29. The van der Waals surface area contributed by atoms with Gasteiger partial charge in [-0.1, -0.05) is 40.5 Å². The topological polar surface area (TPSA) is 0 Å². The molecule has 0 saturated carbocycles. The summed E-state index contributed by atoms with van der Waals surface area (Å²) >= 11 is 0. The van der Waals surface area contributed by atoms with Crippen molar-refractivity contribution in [2.75, 3.05) is 24.5 Å². The van der Waals surface area contributed by atoms with Gasteiger partial charge in [0.05, 0.1) is 0 Å². The first-order chi connectivity index (χ1) is 6.21. The van der Waals surface area contributed by atoms with E-state index in [0.717, 1.165) is 11.2 Å². The SMILES string of the molecule is CCC(CC)CC[SH](C)(C)(C)C(C)C. The minimum Gasteiger partial charge on any atom is -0.288 e. The van der Waals surface area contributed by atoms with Gasteiger partial charge in [0, 0.05) is 0 Å². The van der Waals surface area contributed by atoms with Gasteiger partial charge < -0.3 is 0 Å². The maximum absolute atomic E-state index is 2.55. The van der Waals surface area contributed by atoms with Gasteiger partial charge >= 0.3 is 0 Å². The van der Waals surface area contributed by atoms with E-state index in [-0.39, 0.29) is 0 Å². The molecule has 0 bridgehead atoms. The first-order valence-corrected chi connectivity index (χ1v) is 10.0. The Labute approximate surface area is 92.1 Å². The molecule has 0 rings (SSSR count). The fraction of sp³-hybridized carbons (Fsp3) is 1.00. The van der Waals surface area contributed by atoms with Gasteiger partial charge in [-0.2, -0.15) is 0 Å². The van der Waals surface area contributed by atoms with Gasteiger partial charge in [-0.15, -0.1) is 0 Å². The van der Waals surface area contributed by atoms with Crippen LogP contribution in [0.3, 0.4) is 0 Å². The monoisotopic (exact) mass is 220 g/mol. The molecular formula is C13H32S. The Kier molecular flexibility index (Phi) is 5.04. The van der Waals surface area contributed by atoms with Gasteiger partial charge in [-0.3, -0.25) is 9.16 Å². The molecule has 0 saturated heterocycles. The third-order valence-electron chi connectivity index (χ3n) is 4.41. The van der Waals surface area contributed by atoms with Crippen molar-refractivity contribution in [2.45, 2.75) is 52.2 Å². The minimum absolute atomic E-state index is 0.885. The standard InChI is InChI=1S/C13H32S/c1-8-13(9-2)10-11-14(5,6,7)12(3)4/h12-14H,8-11H2,1-7H3. The van der Waals surface area contributed by atoms with E-state index < -0.39 is 9.16 Å². The molecule has 0 aromatic rings. The molecule has 0 unspecified atom stereocenters. The molecule has 0 nitrogen and oxygen atoms in total. The fourth-order valence-electron chi connectivity index (χ4n) is 1.60. The Balaban J connectivity index is 4.23. The highest BCUT2D eigenvalue weighted by atomic mass is 32.3. The molecule has 0 radical (unpaired) electrons. The van der Waals surface area contributed by atoms with Crippen LogP contribution in [0.4, 0.5) is 0 Å².